The number of rotatable bonds is 5. The van der Waals surface area contributed by atoms with E-state index in [1.165, 1.54) is 22.3 Å². The topological polar surface area (TPSA) is 35.2 Å². The molecule has 112 valence electrons. The van der Waals surface area contributed by atoms with E-state index in [1.807, 2.05) is 18.2 Å². The largest absolute Gasteiger partial charge is 0.489 e. The van der Waals surface area contributed by atoms with Crippen molar-refractivity contribution in [3.05, 3.63) is 64.2 Å². The zero-order valence-electron chi connectivity index (χ0n) is 13.4. The first-order chi connectivity index (χ1) is 10.0. The van der Waals surface area contributed by atoms with Gasteiger partial charge in [0.25, 0.3) is 0 Å². The third kappa shape index (κ3) is 3.64. The lowest BCUT2D eigenvalue weighted by Gasteiger charge is -2.17. The Morgan fingerprint density at radius 2 is 1.67 bits per heavy atom. The summed E-state index contributed by atoms with van der Waals surface area (Å²) in [5, 5.41) is 0. The highest BCUT2D eigenvalue weighted by atomic mass is 16.5. The quantitative estimate of drug-likeness (QED) is 0.870. The Morgan fingerprint density at radius 3 is 2.29 bits per heavy atom. The second-order valence-electron chi connectivity index (χ2n) is 5.72. The maximum atomic E-state index is 6.16. The van der Waals surface area contributed by atoms with Crippen molar-refractivity contribution in [2.75, 3.05) is 0 Å². The Hall–Kier alpha value is -1.80. The molecule has 2 heteroatoms. The lowest BCUT2D eigenvalue weighted by Crippen LogP contribution is -2.11. The molecular formula is C19H25NO. The molecule has 0 unspecified atom stereocenters. The van der Waals surface area contributed by atoms with Crippen LogP contribution < -0.4 is 10.5 Å². The summed E-state index contributed by atoms with van der Waals surface area (Å²) in [5.74, 6) is 0.895. The van der Waals surface area contributed by atoms with Gasteiger partial charge in [-0.05, 0) is 49.9 Å². The summed E-state index contributed by atoms with van der Waals surface area (Å²) in [6.07, 6.45) is 0.906. The minimum absolute atomic E-state index is 0.0291. The van der Waals surface area contributed by atoms with E-state index in [9.17, 15) is 0 Å². The van der Waals surface area contributed by atoms with Gasteiger partial charge in [0.15, 0.2) is 0 Å². The van der Waals surface area contributed by atoms with Crippen molar-refractivity contribution in [1.82, 2.24) is 0 Å². The van der Waals surface area contributed by atoms with Crippen LogP contribution in [0.5, 0.6) is 5.75 Å². The molecule has 2 aromatic rings. The lowest BCUT2D eigenvalue weighted by molar-refractivity contribution is 0.299. The second-order valence-corrected chi connectivity index (χ2v) is 5.72. The summed E-state index contributed by atoms with van der Waals surface area (Å²) < 4.78 is 6.07. The van der Waals surface area contributed by atoms with E-state index in [1.54, 1.807) is 0 Å². The summed E-state index contributed by atoms with van der Waals surface area (Å²) in [6, 6.07) is 12.5. The SMILES string of the molecule is CC[C@@H](N)c1ccccc1OCc1c(C)cc(C)cc1C. The van der Waals surface area contributed by atoms with Crippen LogP contribution in [-0.4, -0.2) is 0 Å². The maximum absolute atomic E-state index is 6.16. The van der Waals surface area contributed by atoms with Crippen LogP contribution in [0.15, 0.2) is 36.4 Å². The molecular weight excluding hydrogens is 258 g/mol. The molecule has 0 amide bonds. The van der Waals surface area contributed by atoms with Gasteiger partial charge in [-0.3, -0.25) is 0 Å². The number of aryl methyl sites for hydroxylation is 3. The molecule has 0 saturated heterocycles. The molecule has 0 heterocycles. The molecule has 21 heavy (non-hydrogen) atoms. The van der Waals surface area contributed by atoms with Crippen LogP contribution in [0.2, 0.25) is 0 Å². The fourth-order valence-electron chi connectivity index (χ4n) is 2.73. The summed E-state index contributed by atoms with van der Waals surface area (Å²) in [4.78, 5) is 0. The Balaban J connectivity index is 2.21. The molecule has 0 saturated carbocycles. The van der Waals surface area contributed by atoms with Gasteiger partial charge < -0.3 is 10.5 Å². The Labute approximate surface area is 127 Å². The van der Waals surface area contributed by atoms with Crippen LogP contribution in [0.3, 0.4) is 0 Å². The third-order valence-corrected chi connectivity index (χ3v) is 3.97. The highest BCUT2D eigenvalue weighted by Gasteiger charge is 2.11. The minimum Gasteiger partial charge on any atom is -0.489 e. The number of para-hydroxylation sites is 1. The molecule has 1 atom stereocenters. The van der Waals surface area contributed by atoms with Crippen molar-refractivity contribution < 1.29 is 4.74 Å². The zero-order chi connectivity index (χ0) is 15.4. The average molecular weight is 283 g/mol. The normalized spacial score (nSPS) is 12.2. The van der Waals surface area contributed by atoms with Crippen molar-refractivity contribution in [2.24, 2.45) is 5.73 Å². The Bertz CT molecular complexity index is 596. The van der Waals surface area contributed by atoms with E-state index < -0.39 is 0 Å². The van der Waals surface area contributed by atoms with Crippen LogP contribution in [0.25, 0.3) is 0 Å². The molecule has 2 N–H and O–H groups in total. The Kier molecular flexibility index (Phi) is 5.03. The van der Waals surface area contributed by atoms with Crippen molar-refractivity contribution >= 4 is 0 Å². The van der Waals surface area contributed by atoms with Gasteiger partial charge in [-0.15, -0.1) is 0 Å². The molecule has 0 radical (unpaired) electrons. The van der Waals surface area contributed by atoms with Crippen LogP contribution >= 0.6 is 0 Å². The van der Waals surface area contributed by atoms with E-state index in [-0.39, 0.29) is 6.04 Å². The van der Waals surface area contributed by atoms with E-state index in [2.05, 4.69) is 45.9 Å². The van der Waals surface area contributed by atoms with Crippen LogP contribution in [0, 0.1) is 20.8 Å². The van der Waals surface area contributed by atoms with Crippen LogP contribution in [0.1, 0.15) is 47.2 Å². The number of benzene rings is 2. The molecule has 0 bridgehead atoms. The average Bonchev–Trinajstić information content (AvgIpc) is 2.45. The lowest BCUT2D eigenvalue weighted by atomic mass is 10.0. The second kappa shape index (κ2) is 6.77. The smallest absolute Gasteiger partial charge is 0.124 e. The minimum atomic E-state index is 0.0291. The van der Waals surface area contributed by atoms with Gasteiger partial charge in [-0.2, -0.15) is 0 Å². The first kappa shape index (κ1) is 15.6. The van der Waals surface area contributed by atoms with E-state index in [0.29, 0.717) is 6.61 Å². The molecule has 0 aromatic heterocycles. The summed E-state index contributed by atoms with van der Waals surface area (Å²) in [7, 11) is 0. The van der Waals surface area contributed by atoms with E-state index >= 15 is 0 Å². The molecule has 0 aliphatic carbocycles. The Morgan fingerprint density at radius 1 is 1.05 bits per heavy atom. The van der Waals surface area contributed by atoms with Crippen LogP contribution in [0.4, 0.5) is 0 Å². The van der Waals surface area contributed by atoms with Gasteiger partial charge >= 0.3 is 0 Å². The van der Waals surface area contributed by atoms with E-state index in [4.69, 9.17) is 10.5 Å². The fraction of sp³-hybridized carbons (Fsp3) is 0.368. The molecule has 0 aliphatic heterocycles. The van der Waals surface area contributed by atoms with Gasteiger partial charge in [0, 0.05) is 11.6 Å². The maximum Gasteiger partial charge on any atom is 0.124 e. The van der Waals surface area contributed by atoms with Crippen molar-refractivity contribution in [2.45, 2.75) is 46.8 Å². The highest BCUT2D eigenvalue weighted by Crippen LogP contribution is 2.27. The summed E-state index contributed by atoms with van der Waals surface area (Å²) in [6.45, 7) is 9.09. The van der Waals surface area contributed by atoms with Gasteiger partial charge in [0.2, 0.25) is 0 Å². The molecule has 0 aliphatic rings. The number of hydrogen-bond acceptors (Lipinski definition) is 2. The molecule has 2 rings (SSSR count). The summed E-state index contributed by atoms with van der Waals surface area (Å²) in [5.41, 5.74) is 12.4. The van der Waals surface area contributed by atoms with Crippen molar-refractivity contribution in [3.8, 4) is 5.75 Å². The first-order valence-corrected chi connectivity index (χ1v) is 7.57. The number of ether oxygens (including phenoxy) is 1. The first-order valence-electron chi connectivity index (χ1n) is 7.57. The standard InChI is InChI=1S/C19H25NO/c1-5-18(20)16-8-6-7-9-19(16)21-12-17-14(3)10-13(2)11-15(17)4/h6-11,18H,5,12,20H2,1-4H3/t18-/m1/s1. The van der Waals surface area contributed by atoms with Crippen molar-refractivity contribution in [3.63, 3.8) is 0 Å². The monoisotopic (exact) mass is 283 g/mol. The van der Waals surface area contributed by atoms with Crippen molar-refractivity contribution in [1.29, 1.82) is 0 Å². The van der Waals surface area contributed by atoms with Crippen LogP contribution in [-0.2, 0) is 6.61 Å². The predicted octanol–water partition coefficient (Wildman–Crippen LogP) is 4.60. The van der Waals surface area contributed by atoms with E-state index in [0.717, 1.165) is 17.7 Å². The van der Waals surface area contributed by atoms with Gasteiger partial charge in [0.05, 0.1) is 0 Å². The molecule has 0 fully saturated rings. The molecule has 2 aromatic carbocycles. The van der Waals surface area contributed by atoms with Gasteiger partial charge in [0.1, 0.15) is 12.4 Å². The number of hydrogen-bond donors (Lipinski definition) is 1. The fourth-order valence-corrected chi connectivity index (χ4v) is 2.73. The third-order valence-electron chi connectivity index (χ3n) is 3.97. The number of nitrogens with two attached hydrogens (primary N) is 1. The zero-order valence-corrected chi connectivity index (χ0v) is 13.4. The highest BCUT2D eigenvalue weighted by molar-refractivity contribution is 5.39. The van der Waals surface area contributed by atoms with Gasteiger partial charge in [-0.25, -0.2) is 0 Å². The predicted molar refractivity (Wildman–Crippen MR) is 88.6 cm³/mol. The van der Waals surface area contributed by atoms with Gasteiger partial charge in [-0.1, -0.05) is 42.8 Å². The summed E-state index contributed by atoms with van der Waals surface area (Å²) >= 11 is 0. The molecule has 2 nitrogen and oxygen atoms in total. The molecule has 0 spiro atoms.